The fourth-order valence-electron chi connectivity index (χ4n) is 1.53. The van der Waals surface area contributed by atoms with Gasteiger partial charge in [0.25, 0.3) is 0 Å². The van der Waals surface area contributed by atoms with Gasteiger partial charge in [0.05, 0.1) is 18.2 Å². The number of benzene rings is 1. The minimum Gasteiger partial charge on any atom is -0.492 e. The van der Waals surface area contributed by atoms with Crippen molar-refractivity contribution < 1.29 is 22.7 Å². The van der Waals surface area contributed by atoms with Crippen molar-refractivity contribution in [3.05, 3.63) is 29.8 Å². The van der Waals surface area contributed by atoms with Crippen molar-refractivity contribution in [2.75, 3.05) is 13.2 Å². The molecule has 118 valence electrons. The molecule has 0 radical (unpaired) electrons. The average molecular weight is 304 g/mol. The monoisotopic (exact) mass is 304 g/mol. The Labute approximate surface area is 121 Å². The Morgan fingerprint density at radius 1 is 1.38 bits per heavy atom. The third-order valence-electron chi connectivity index (χ3n) is 2.85. The van der Waals surface area contributed by atoms with E-state index in [0.717, 1.165) is 12.1 Å². The molecule has 21 heavy (non-hydrogen) atoms. The molecular formula is C14H19F3N2O2. The van der Waals surface area contributed by atoms with Gasteiger partial charge in [0.1, 0.15) is 12.4 Å². The first kappa shape index (κ1) is 17.3. The number of carbonyl (C=O) groups excluding carboxylic acids is 1. The molecule has 7 heteroatoms. The highest BCUT2D eigenvalue weighted by molar-refractivity contribution is 5.81. The number of halogens is 3. The van der Waals surface area contributed by atoms with Crippen LogP contribution in [0.25, 0.3) is 0 Å². The minimum atomic E-state index is -4.41. The second-order valence-corrected chi connectivity index (χ2v) is 4.93. The minimum absolute atomic E-state index is 0.00869. The van der Waals surface area contributed by atoms with Gasteiger partial charge in [0.2, 0.25) is 5.91 Å². The van der Waals surface area contributed by atoms with E-state index in [1.807, 2.05) is 13.8 Å². The third-order valence-corrected chi connectivity index (χ3v) is 2.85. The number of nitrogens with one attached hydrogen (secondary N) is 1. The molecule has 0 bridgehead atoms. The Bertz CT molecular complexity index is 476. The lowest BCUT2D eigenvalue weighted by atomic mass is 10.1. The zero-order chi connectivity index (χ0) is 16.0. The summed E-state index contributed by atoms with van der Waals surface area (Å²) in [6.07, 6.45) is -4.41. The number of hydrogen-bond donors (Lipinski definition) is 2. The summed E-state index contributed by atoms with van der Waals surface area (Å²) < 4.78 is 42.7. The lowest BCUT2D eigenvalue weighted by Crippen LogP contribution is -2.45. The zero-order valence-corrected chi connectivity index (χ0v) is 11.9. The summed E-state index contributed by atoms with van der Waals surface area (Å²) in [4.78, 5) is 11.5. The van der Waals surface area contributed by atoms with E-state index in [1.165, 1.54) is 12.1 Å². The first-order valence-electron chi connectivity index (χ1n) is 6.55. The van der Waals surface area contributed by atoms with Gasteiger partial charge in [-0.3, -0.25) is 4.79 Å². The molecule has 0 saturated carbocycles. The molecule has 0 aliphatic heterocycles. The zero-order valence-electron chi connectivity index (χ0n) is 11.9. The van der Waals surface area contributed by atoms with Gasteiger partial charge < -0.3 is 15.8 Å². The topological polar surface area (TPSA) is 64.4 Å². The van der Waals surface area contributed by atoms with Crippen LogP contribution < -0.4 is 15.8 Å². The average Bonchev–Trinajstić information content (AvgIpc) is 2.41. The fraction of sp³-hybridized carbons (Fsp3) is 0.500. The summed E-state index contributed by atoms with van der Waals surface area (Å²) in [5, 5.41) is 2.57. The number of amides is 1. The normalized spacial score (nSPS) is 13.1. The SMILES string of the molecule is CC(C)[C@H](N)C(=O)NCCOc1cccc(C(F)(F)F)c1. The van der Waals surface area contributed by atoms with Crippen molar-refractivity contribution in [1.82, 2.24) is 5.32 Å². The maximum atomic E-state index is 12.5. The van der Waals surface area contributed by atoms with Crippen molar-refractivity contribution in [2.45, 2.75) is 26.1 Å². The van der Waals surface area contributed by atoms with E-state index in [4.69, 9.17) is 10.5 Å². The van der Waals surface area contributed by atoms with Gasteiger partial charge in [0.15, 0.2) is 0 Å². The molecule has 1 aromatic carbocycles. The first-order chi connectivity index (χ1) is 9.71. The smallest absolute Gasteiger partial charge is 0.416 e. The summed E-state index contributed by atoms with van der Waals surface area (Å²) >= 11 is 0. The van der Waals surface area contributed by atoms with E-state index in [9.17, 15) is 18.0 Å². The molecular weight excluding hydrogens is 285 g/mol. The van der Waals surface area contributed by atoms with E-state index in [0.29, 0.717) is 0 Å². The molecule has 3 N–H and O–H groups in total. The van der Waals surface area contributed by atoms with Crippen molar-refractivity contribution in [1.29, 1.82) is 0 Å². The van der Waals surface area contributed by atoms with Crippen molar-refractivity contribution in [3.63, 3.8) is 0 Å². The highest BCUT2D eigenvalue weighted by Gasteiger charge is 2.30. The van der Waals surface area contributed by atoms with Crippen LogP contribution in [0.4, 0.5) is 13.2 Å². The molecule has 0 unspecified atom stereocenters. The molecule has 0 fully saturated rings. The molecule has 1 atom stereocenters. The maximum absolute atomic E-state index is 12.5. The molecule has 1 rings (SSSR count). The van der Waals surface area contributed by atoms with Gasteiger partial charge in [-0.25, -0.2) is 0 Å². The van der Waals surface area contributed by atoms with E-state index >= 15 is 0 Å². The van der Waals surface area contributed by atoms with Gasteiger partial charge >= 0.3 is 6.18 Å². The van der Waals surface area contributed by atoms with Crippen LogP contribution in [0.1, 0.15) is 19.4 Å². The number of hydrogen-bond acceptors (Lipinski definition) is 3. The summed E-state index contributed by atoms with van der Waals surface area (Å²) in [6.45, 7) is 3.89. The molecule has 0 spiro atoms. The van der Waals surface area contributed by atoms with Crippen LogP contribution in [0, 0.1) is 5.92 Å². The number of alkyl halides is 3. The summed E-state index contributed by atoms with van der Waals surface area (Å²) in [6, 6.07) is 3.97. The standard InChI is InChI=1S/C14H19F3N2O2/c1-9(2)12(18)13(20)19-6-7-21-11-5-3-4-10(8-11)14(15,16)17/h3-5,8-9,12H,6-7,18H2,1-2H3,(H,19,20)/t12-/m0/s1. The molecule has 0 saturated heterocycles. The number of nitrogens with two attached hydrogens (primary N) is 1. The van der Waals surface area contributed by atoms with Crippen LogP contribution in [-0.2, 0) is 11.0 Å². The highest BCUT2D eigenvalue weighted by atomic mass is 19.4. The highest BCUT2D eigenvalue weighted by Crippen LogP contribution is 2.31. The maximum Gasteiger partial charge on any atom is 0.416 e. The van der Waals surface area contributed by atoms with Crippen LogP contribution in [0.15, 0.2) is 24.3 Å². The fourth-order valence-corrected chi connectivity index (χ4v) is 1.53. The van der Waals surface area contributed by atoms with Crippen LogP contribution >= 0.6 is 0 Å². The van der Waals surface area contributed by atoms with Crippen LogP contribution in [0.3, 0.4) is 0 Å². The summed E-state index contributed by atoms with van der Waals surface area (Å²) in [5.74, 6) is -0.195. The summed E-state index contributed by atoms with van der Waals surface area (Å²) in [7, 11) is 0. The van der Waals surface area contributed by atoms with Crippen molar-refractivity contribution >= 4 is 5.91 Å². The number of rotatable bonds is 6. The Kier molecular flexibility index (Phi) is 6.02. The van der Waals surface area contributed by atoms with E-state index in [2.05, 4.69) is 5.32 Å². The van der Waals surface area contributed by atoms with E-state index < -0.39 is 17.8 Å². The van der Waals surface area contributed by atoms with Gasteiger partial charge in [-0.1, -0.05) is 19.9 Å². The van der Waals surface area contributed by atoms with Crippen LogP contribution in [-0.4, -0.2) is 25.1 Å². The molecule has 1 aromatic rings. The molecule has 1 amide bonds. The Hall–Kier alpha value is -1.76. The molecule has 0 aliphatic carbocycles. The van der Waals surface area contributed by atoms with Gasteiger partial charge in [-0.05, 0) is 24.1 Å². The van der Waals surface area contributed by atoms with Crippen molar-refractivity contribution in [2.24, 2.45) is 11.7 Å². The van der Waals surface area contributed by atoms with Crippen LogP contribution in [0.2, 0.25) is 0 Å². The summed E-state index contributed by atoms with van der Waals surface area (Å²) in [5.41, 5.74) is 4.87. The number of ether oxygens (including phenoxy) is 1. The Balaban J connectivity index is 2.42. The lowest BCUT2D eigenvalue weighted by Gasteiger charge is -2.15. The quantitative estimate of drug-likeness (QED) is 0.792. The molecule has 0 heterocycles. The molecule has 4 nitrogen and oxygen atoms in total. The largest absolute Gasteiger partial charge is 0.492 e. The second kappa shape index (κ2) is 7.31. The predicted octanol–water partition coefficient (Wildman–Crippen LogP) is 2.18. The van der Waals surface area contributed by atoms with Gasteiger partial charge in [0, 0.05) is 0 Å². The van der Waals surface area contributed by atoms with Gasteiger partial charge in [-0.15, -0.1) is 0 Å². The third kappa shape index (κ3) is 5.63. The predicted molar refractivity (Wildman–Crippen MR) is 72.8 cm³/mol. The van der Waals surface area contributed by atoms with E-state index in [1.54, 1.807) is 0 Å². The molecule has 0 aliphatic rings. The first-order valence-corrected chi connectivity index (χ1v) is 6.55. The van der Waals surface area contributed by atoms with Crippen molar-refractivity contribution in [3.8, 4) is 5.75 Å². The second-order valence-electron chi connectivity index (χ2n) is 4.93. The lowest BCUT2D eigenvalue weighted by molar-refractivity contribution is -0.137. The Morgan fingerprint density at radius 2 is 2.05 bits per heavy atom. The van der Waals surface area contributed by atoms with E-state index in [-0.39, 0.29) is 30.7 Å². The molecule has 0 aromatic heterocycles. The van der Waals surface area contributed by atoms with Crippen LogP contribution in [0.5, 0.6) is 5.75 Å². The number of carbonyl (C=O) groups is 1. The van der Waals surface area contributed by atoms with Gasteiger partial charge in [-0.2, -0.15) is 13.2 Å². The Morgan fingerprint density at radius 3 is 2.62 bits per heavy atom.